The van der Waals surface area contributed by atoms with Crippen molar-refractivity contribution in [3.05, 3.63) is 36.5 Å². The lowest BCUT2D eigenvalue weighted by molar-refractivity contribution is 0.356. The molecule has 0 radical (unpaired) electrons. The number of nitrogens with one attached hydrogen (secondary N) is 2. The number of hydrogen-bond acceptors (Lipinski definition) is 8. The molecule has 1 aliphatic rings. The van der Waals surface area contributed by atoms with Crippen LogP contribution in [0.15, 0.2) is 36.5 Å². The fourth-order valence-corrected chi connectivity index (χ4v) is 4.08. The number of piperazine rings is 1. The third-order valence-corrected chi connectivity index (χ3v) is 5.90. The molecule has 0 bridgehead atoms. The van der Waals surface area contributed by atoms with Gasteiger partial charge in [-0.15, -0.1) is 0 Å². The summed E-state index contributed by atoms with van der Waals surface area (Å²) in [6, 6.07) is 10.2. The van der Waals surface area contributed by atoms with Gasteiger partial charge in [-0.3, -0.25) is 0 Å². The van der Waals surface area contributed by atoms with E-state index in [0.717, 1.165) is 79.4 Å². The van der Waals surface area contributed by atoms with Crippen LogP contribution in [-0.4, -0.2) is 82.5 Å². The van der Waals surface area contributed by atoms with Crippen LogP contribution >= 0.6 is 0 Å². The van der Waals surface area contributed by atoms with E-state index in [1.807, 2.05) is 18.3 Å². The first-order chi connectivity index (χ1) is 16.1. The molecule has 0 atom stereocenters. The number of methoxy groups -OCH3 is 2. The quantitative estimate of drug-likeness (QED) is 0.482. The molecule has 0 aliphatic carbocycles. The molecule has 1 fully saturated rings. The largest absolute Gasteiger partial charge is 0.493 e. The summed E-state index contributed by atoms with van der Waals surface area (Å²) in [6.07, 6.45) is 2.96. The Kier molecular flexibility index (Phi) is 7.47. The van der Waals surface area contributed by atoms with E-state index in [4.69, 9.17) is 19.4 Å². The summed E-state index contributed by atoms with van der Waals surface area (Å²) in [4.78, 5) is 14.2. The van der Waals surface area contributed by atoms with Crippen molar-refractivity contribution in [1.29, 1.82) is 0 Å². The molecule has 2 aromatic heterocycles. The van der Waals surface area contributed by atoms with Crippen molar-refractivity contribution < 1.29 is 9.47 Å². The highest BCUT2D eigenvalue weighted by Gasteiger charge is 2.15. The second-order valence-electron chi connectivity index (χ2n) is 8.51. The zero-order chi connectivity index (χ0) is 23.2. The summed E-state index contributed by atoms with van der Waals surface area (Å²) in [5.41, 5.74) is 3.75. The summed E-state index contributed by atoms with van der Waals surface area (Å²) in [7, 11) is 7.48. The van der Waals surface area contributed by atoms with Gasteiger partial charge in [0, 0.05) is 61.6 Å². The van der Waals surface area contributed by atoms with Crippen LogP contribution in [0.2, 0.25) is 0 Å². The molecule has 176 valence electrons. The van der Waals surface area contributed by atoms with Crippen molar-refractivity contribution in [3.8, 4) is 22.8 Å². The second kappa shape index (κ2) is 10.7. The van der Waals surface area contributed by atoms with Crippen LogP contribution in [0.25, 0.3) is 22.2 Å². The molecule has 8 heteroatoms. The van der Waals surface area contributed by atoms with Gasteiger partial charge in [-0.25, -0.2) is 9.97 Å². The Labute approximate surface area is 195 Å². The summed E-state index contributed by atoms with van der Waals surface area (Å²) in [5.74, 6) is 2.37. The molecule has 8 nitrogen and oxygen atoms in total. The molecule has 3 aromatic rings. The Bertz CT molecular complexity index is 1060. The maximum atomic E-state index is 5.54. The van der Waals surface area contributed by atoms with Crippen LogP contribution in [0.3, 0.4) is 0 Å². The van der Waals surface area contributed by atoms with Gasteiger partial charge in [-0.1, -0.05) is 0 Å². The van der Waals surface area contributed by atoms with E-state index in [9.17, 15) is 0 Å². The fourth-order valence-electron chi connectivity index (χ4n) is 4.08. The predicted octanol–water partition coefficient (Wildman–Crippen LogP) is 3.09. The monoisotopic (exact) mass is 450 g/mol. The van der Waals surface area contributed by atoms with Crippen LogP contribution in [-0.2, 0) is 0 Å². The molecule has 0 spiro atoms. The van der Waals surface area contributed by atoms with Gasteiger partial charge in [0.05, 0.1) is 25.4 Å². The van der Waals surface area contributed by atoms with Gasteiger partial charge in [0.15, 0.2) is 11.5 Å². The molecule has 1 aliphatic heterocycles. The molecule has 1 aromatic carbocycles. The van der Waals surface area contributed by atoms with E-state index < -0.39 is 0 Å². The Morgan fingerprint density at radius 1 is 1.06 bits per heavy atom. The van der Waals surface area contributed by atoms with E-state index in [1.54, 1.807) is 14.2 Å². The first-order valence-corrected chi connectivity index (χ1v) is 11.5. The van der Waals surface area contributed by atoms with Crippen LogP contribution in [0.1, 0.15) is 6.42 Å². The van der Waals surface area contributed by atoms with E-state index in [-0.39, 0.29) is 0 Å². The number of benzene rings is 1. The topological polar surface area (TPSA) is 74.8 Å². The molecule has 1 saturated heterocycles. The van der Waals surface area contributed by atoms with Gasteiger partial charge in [0.2, 0.25) is 0 Å². The van der Waals surface area contributed by atoms with E-state index in [2.05, 4.69) is 52.7 Å². The van der Waals surface area contributed by atoms with Crippen molar-refractivity contribution in [3.63, 3.8) is 0 Å². The molecular formula is C25H34N6O2. The van der Waals surface area contributed by atoms with Gasteiger partial charge in [-0.05, 0) is 51.3 Å². The van der Waals surface area contributed by atoms with E-state index in [0.29, 0.717) is 11.5 Å². The Balaban J connectivity index is 1.68. The average molecular weight is 451 g/mol. The maximum Gasteiger partial charge on any atom is 0.162 e. The lowest BCUT2D eigenvalue weighted by Gasteiger charge is -2.28. The third kappa shape index (κ3) is 5.46. The SMILES string of the molecule is COc1cc2nc(-c3ccc(N4CCNCC4)nc3)cc(NCCCN(C)C)c2cc1OC. The molecular weight excluding hydrogens is 416 g/mol. The third-order valence-electron chi connectivity index (χ3n) is 5.90. The lowest BCUT2D eigenvalue weighted by Crippen LogP contribution is -2.43. The number of rotatable bonds is 9. The summed E-state index contributed by atoms with van der Waals surface area (Å²) < 4.78 is 11.1. The Hall–Kier alpha value is -3.10. The zero-order valence-electron chi connectivity index (χ0n) is 20.0. The van der Waals surface area contributed by atoms with Crippen molar-refractivity contribution >= 4 is 22.4 Å². The molecule has 33 heavy (non-hydrogen) atoms. The van der Waals surface area contributed by atoms with Gasteiger partial charge in [0.25, 0.3) is 0 Å². The number of nitrogens with zero attached hydrogens (tertiary/aromatic N) is 4. The Morgan fingerprint density at radius 3 is 2.48 bits per heavy atom. The van der Waals surface area contributed by atoms with Crippen molar-refractivity contribution in [1.82, 2.24) is 20.2 Å². The first kappa shape index (κ1) is 23.1. The highest BCUT2D eigenvalue weighted by Crippen LogP contribution is 2.36. The highest BCUT2D eigenvalue weighted by molar-refractivity contribution is 5.96. The first-order valence-electron chi connectivity index (χ1n) is 11.5. The number of ether oxygens (including phenoxy) is 2. The normalized spacial score (nSPS) is 14.0. The molecule has 4 rings (SSSR count). The zero-order valence-corrected chi connectivity index (χ0v) is 20.0. The van der Waals surface area contributed by atoms with Crippen molar-refractivity contribution in [2.75, 3.05) is 77.8 Å². The maximum absolute atomic E-state index is 5.54. The average Bonchev–Trinajstić information content (AvgIpc) is 2.86. The van der Waals surface area contributed by atoms with Crippen LogP contribution < -0.4 is 25.0 Å². The molecule has 3 heterocycles. The number of aromatic nitrogens is 2. The number of anilines is 2. The predicted molar refractivity (Wildman–Crippen MR) is 135 cm³/mol. The van der Waals surface area contributed by atoms with Crippen molar-refractivity contribution in [2.45, 2.75) is 6.42 Å². The minimum Gasteiger partial charge on any atom is -0.493 e. The van der Waals surface area contributed by atoms with Gasteiger partial charge < -0.3 is 29.9 Å². The van der Waals surface area contributed by atoms with Crippen LogP contribution in [0.5, 0.6) is 11.5 Å². The highest BCUT2D eigenvalue weighted by atomic mass is 16.5. The van der Waals surface area contributed by atoms with E-state index in [1.165, 1.54) is 0 Å². The molecule has 0 amide bonds. The molecule has 0 saturated carbocycles. The van der Waals surface area contributed by atoms with Crippen LogP contribution in [0.4, 0.5) is 11.5 Å². The fraction of sp³-hybridized carbons (Fsp3) is 0.440. The van der Waals surface area contributed by atoms with E-state index >= 15 is 0 Å². The van der Waals surface area contributed by atoms with Gasteiger partial charge in [0.1, 0.15) is 5.82 Å². The standard InChI is InChI=1S/C25H34N6O2/c1-30(2)11-5-8-27-21-15-20(29-22-16-24(33-4)23(32-3)14-19(21)22)18-6-7-25(28-17-18)31-12-9-26-10-13-31/h6-7,14-17,26H,5,8-13H2,1-4H3,(H,27,29). The summed E-state index contributed by atoms with van der Waals surface area (Å²) in [6.45, 7) is 5.82. The van der Waals surface area contributed by atoms with Gasteiger partial charge in [-0.2, -0.15) is 0 Å². The Morgan fingerprint density at radius 2 is 1.82 bits per heavy atom. The number of pyridine rings is 2. The molecule has 0 unspecified atom stereocenters. The van der Waals surface area contributed by atoms with Crippen molar-refractivity contribution in [2.24, 2.45) is 0 Å². The lowest BCUT2D eigenvalue weighted by atomic mass is 10.1. The molecule has 2 N–H and O–H groups in total. The minimum absolute atomic E-state index is 0.667. The van der Waals surface area contributed by atoms with Gasteiger partial charge >= 0.3 is 0 Å². The number of fused-ring (bicyclic) bond motifs is 1. The summed E-state index contributed by atoms with van der Waals surface area (Å²) in [5, 5.41) is 7.99. The minimum atomic E-state index is 0.667. The summed E-state index contributed by atoms with van der Waals surface area (Å²) >= 11 is 0. The van der Waals surface area contributed by atoms with Crippen LogP contribution in [0, 0.1) is 0 Å². The number of hydrogen-bond donors (Lipinski definition) is 2. The second-order valence-corrected chi connectivity index (χ2v) is 8.51. The smallest absolute Gasteiger partial charge is 0.162 e.